The zero-order valence-corrected chi connectivity index (χ0v) is 12.0. The molecular formula is C16H25N. The molecule has 17 heavy (non-hydrogen) atoms. The van der Waals surface area contributed by atoms with Gasteiger partial charge in [-0.3, -0.25) is 0 Å². The molecule has 2 N–H and O–H groups in total. The highest BCUT2D eigenvalue weighted by molar-refractivity contribution is 5.91. The number of hydrogen-bond acceptors (Lipinski definition) is 1. The van der Waals surface area contributed by atoms with E-state index < -0.39 is 0 Å². The van der Waals surface area contributed by atoms with Crippen molar-refractivity contribution in [2.24, 2.45) is 0 Å². The fraction of sp³-hybridized carbons (Fsp3) is 0.375. The van der Waals surface area contributed by atoms with Crippen LogP contribution in [0.2, 0.25) is 0 Å². The molecule has 0 heterocycles. The number of nitrogens with two attached hydrogens (primary N) is 1. The molecule has 0 bridgehead atoms. The smallest absolute Gasteiger partial charge is 0.0323 e. The van der Waals surface area contributed by atoms with Crippen molar-refractivity contribution in [1.29, 1.82) is 0 Å². The maximum absolute atomic E-state index is 5.77. The number of rotatable bonds is 0. The summed E-state index contributed by atoms with van der Waals surface area (Å²) in [6.07, 6.45) is 0. The molecule has 0 unspecified atom stereocenters. The molecule has 0 aliphatic carbocycles. The molecule has 0 radical (unpaired) electrons. The molecule has 2 aromatic rings. The summed E-state index contributed by atoms with van der Waals surface area (Å²) in [5, 5.41) is 2.56. The van der Waals surface area contributed by atoms with E-state index in [1.54, 1.807) is 0 Å². The van der Waals surface area contributed by atoms with Gasteiger partial charge in [0.1, 0.15) is 0 Å². The molecule has 0 atom stereocenters. The predicted molar refractivity (Wildman–Crippen MR) is 80.5 cm³/mol. The molecule has 0 fully saturated rings. The van der Waals surface area contributed by atoms with E-state index in [0.29, 0.717) is 0 Å². The van der Waals surface area contributed by atoms with Gasteiger partial charge in [-0.2, -0.15) is 0 Å². The zero-order valence-electron chi connectivity index (χ0n) is 12.0. The van der Waals surface area contributed by atoms with Gasteiger partial charge in [0.15, 0.2) is 0 Å². The van der Waals surface area contributed by atoms with Crippen LogP contribution in [0, 0.1) is 13.8 Å². The van der Waals surface area contributed by atoms with Crippen LogP contribution in [0.4, 0.5) is 5.69 Å². The Kier molecular flexibility index (Phi) is 7.04. The van der Waals surface area contributed by atoms with E-state index in [9.17, 15) is 0 Å². The lowest BCUT2D eigenvalue weighted by Gasteiger charge is -2.06. The second-order valence-corrected chi connectivity index (χ2v) is 3.51. The van der Waals surface area contributed by atoms with Crippen molar-refractivity contribution in [2.75, 3.05) is 5.73 Å². The molecule has 0 spiro atoms. The average Bonchev–Trinajstić information content (AvgIpc) is 2.33. The van der Waals surface area contributed by atoms with Gasteiger partial charge in [0, 0.05) is 5.69 Å². The highest BCUT2D eigenvalue weighted by atomic mass is 14.5. The van der Waals surface area contributed by atoms with Gasteiger partial charge in [0.05, 0.1) is 0 Å². The molecule has 0 aliphatic heterocycles. The summed E-state index contributed by atoms with van der Waals surface area (Å²) in [6, 6.07) is 10.3. The number of nitrogen functional groups attached to an aromatic ring is 1. The highest BCUT2D eigenvalue weighted by Crippen LogP contribution is 2.24. The molecule has 2 aromatic carbocycles. The van der Waals surface area contributed by atoms with Crippen LogP contribution in [0.3, 0.4) is 0 Å². The third kappa shape index (κ3) is 3.77. The van der Waals surface area contributed by atoms with Gasteiger partial charge >= 0.3 is 0 Å². The summed E-state index contributed by atoms with van der Waals surface area (Å²) in [4.78, 5) is 0. The van der Waals surface area contributed by atoms with Crippen molar-refractivity contribution >= 4 is 16.5 Å². The van der Waals surface area contributed by atoms with E-state index in [1.807, 2.05) is 39.8 Å². The van der Waals surface area contributed by atoms with E-state index in [1.165, 1.54) is 21.9 Å². The molecule has 1 nitrogen and oxygen atoms in total. The van der Waals surface area contributed by atoms with Crippen molar-refractivity contribution < 1.29 is 0 Å². The molecule has 0 saturated carbocycles. The molecule has 0 amide bonds. The maximum Gasteiger partial charge on any atom is 0.0323 e. The lowest BCUT2D eigenvalue weighted by atomic mass is 10.0. The van der Waals surface area contributed by atoms with Crippen molar-refractivity contribution in [2.45, 2.75) is 41.5 Å². The number of anilines is 1. The van der Waals surface area contributed by atoms with E-state index in [2.05, 4.69) is 32.0 Å². The van der Waals surface area contributed by atoms with Crippen molar-refractivity contribution in [3.8, 4) is 0 Å². The Labute approximate surface area is 106 Å². The number of hydrogen-bond donors (Lipinski definition) is 1. The van der Waals surface area contributed by atoms with Crippen molar-refractivity contribution in [1.82, 2.24) is 0 Å². The molecule has 94 valence electrons. The van der Waals surface area contributed by atoms with Crippen LogP contribution in [0.25, 0.3) is 10.8 Å². The van der Waals surface area contributed by atoms with Crippen LogP contribution < -0.4 is 5.73 Å². The minimum absolute atomic E-state index is 0.843. The summed E-state index contributed by atoms with van der Waals surface area (Å²) in [7, 11) is 0. The number of fused-ring (bicyclic) bond motifs is 1. The van der Waals surface area contributed by atoms with Crippen molar-refractivity contribution in [3.63, 3.8) is 0 Å². The Morgan fingerprint density at radius 2 is 1.41 bits per heavy atom. The molecular weight excluding hydrogens is 206 g/mol. The van der Waals surface area contributed by atoms with Crippen LogP contribution in [-0.4, -0.2) is 0 Å². The quantitative estimate of drug-likeness (QED) is 0.628. The first-order valence-corrected chi connectivity index (χ1v) is 6.44. The number of benzene rings is 2. The van der Waals surface area contributed by atoms with Gasteiger partial charge in [0.25, 0.3) is 0 Å². The summed E-state index contributed by atoms with van der Waals surface area (Å²) in [6.45, 7) is 12.2. The van der Waals surface area contributed by atoms with Gasteiger partial charge in [-0.25, -0.2) is 0 Å². The van der Waals surface area contributed by atoms with Gasteiger partial charge in [-0.05, 0) is 47.9 Å². The monoisotopic (exact) mass is 231 g/mol. The summed E-state index contributed by atoms with van der Waals surface area (Å²) >= 11 is 0. The predicted octanol–water partition coefficient (Wildman–Crippen LogP) is 5.09. The summed E-state index contributed by atoms with van der Waals surface area (Å²) in [5.41, 5.74) is 9.19. The van der Waals surface area contributed by atoms with Crippen molar-refractivity contribution in [3.05, 3.63) is 41.5 Å². The van der Waals surface area contributed by atoms with E-state index in [4.69, 9.17) is 5.73 Å². The highest BCUT2D eigenvalue weighted by Gasteiger charge is 2.00. The minimum atomic E-state index is 0.843. The topological polar surface area (TPSA) is 26.0 Å². The van der Waals surface area contributed by atoms with Crippen LogP contribution in [0.1, 0.15) is 38.8 Å². The Balaban J connectivity index is 0.000000581. The second kappa shape index (κ2) is 7.72. The fourth-order valence-electron chi connectivity index (χ4n) is 1.89. The molecule has 0 aromatic heterocycles. The summed E-state index contributed by atoms with van der Waals surface area (Å²) < 4.78 is 0. The molecule has 2 rings (SSSR count). The second-order valence-electron chi connectivity index (χ2n) is 3.51. The van der Waals surface area contributed by atoms with Gasteiger partial charge in [-0.1, -0.05) is 45.9 Å². The normalized spacial score (nSPS) is 8.82. The third-order valence-corrected chi connectivity index (χ3v) is 2.40. The minimum Gasteiger partial charge on any atom is -0.399 e. The Morgan fingerprint density at radius 1 is 0.824 bits per heavy atom. The third-order valence-electron chi connectivity index (χ3n) is 2.40. The van der Waals surface area contributed by atoms with E-state index in [0.717, 1.165) is 5.69 Å². The fourth-order valence-corrected chi connectivity index (χ4v) is 1.89. The Hall–Kier alpha value is -1.50. The standard InChI is InChI=1S/C12H13N.2C2H6/c1-8-4-3-5-10-7-11(13)6-9(2)12(8)10;2*1-2/h3-7H,13H2,1-2H3;2*1-2H3. The van der Waals surface area contributed by atoms with E-state index in [-0.39, 0.29) is 0 Å². The first-order valence-electron chi connectivity index (χ1n) is 6.44. The Bertz CT molecular complexity index is 458. The van der Waals surface area contributed by atoms with E-state index >= 15 is 0 Å². The first kappa shape index (κ1) is 15.5. The molecule has 1 heteroatoms. The van der Waals surface area contributed by atoms with Gasteiger partial charge in [0.2, 0.25) is 0 Å². The maximum atomic E-state index is 5.77. The Morgan fingerprint density at radius 3 is 2.00 bits per heavy atom. The van der Waals surface area contributed by atoms with Crippen LogP contribution in [-0.2, 0) is 0 Å². The zero-order chi connectivity index (χ0) is 13.4. The molecule has 0 aliphatic rings. The van der Waals surface area contributed by atoms with Gasteiger partial charge in [-0.15, -0.1) is 0 Å². The number of aryl methyl sites for hydroxylation is 2. The largest absolute Gasteiger partial charge is 0.399 e. The van der Waals surface area contributed by atoms with Crippen LogP contribution in [0.15, 0.2) is 30.3 Å². The lowest BCUT2D eigenvalue weighted by molar-refractivity contribution is 1.46. The van der Waals surface area contributed by atoms with Crippen LogP contribution >= 0.6 is 0 Å². The first-order chi connectivity index (χ1) is 8.18. The summed E-state index contributed by atoms with van der Waals surface area (Å²) in [5.74, 6) is 0. The SMILES string of the molecule is CC.CC.Cc1cccc2cc(N)cc(C)c12. The van der Waals surface area contributed by atoms with Gasteiger partial charge < -0.3 is 5.73 Å². The average molecular weight is 231 g/mol. The molecule has 0 saturated heterocycles. The lowest BCUT2D eigenvalue weighted by Crippen LogP contribution is -1.88. The van der Waals surface area contributed by atoms with Crippen LogP contribution in [0.5, 0.6) is 0 Å².